The molecule has 2 aliphatic heterocycles. The summed E-state index contributed by atoms with van der Waals surface area (Å²) in [5.74, 6) is 0.0380. The molecule has 4 rings (SSSR count). The van der Waals surface area contributed by atoms with E-state index in [1.165, 1.54) is 5.57 Å². The fourth-order valence-electron chi connectivity index (χ4n) is 6.32. The summed E-state index contributed by atoms with van der Waals surface area (Å²) in [5, 5.41) is 5.76. The molecule has 3 fully saturated rings. The van der Waals surface area contributed by atoms with Crippen LogP contribution in [0.3, 0.4) is 0 Å². The summed E-state index contributed by atoms with van der Waals surface area (Å²) in [7, 11) is 1.67. The molecule has 0 unspecified atom stereocenters. The van der Waals surface area contributed by atoms with Crippen molar-refractivity contribution in [2.75, 3.05) is 25.6 Å². The molecule has 0 radical (unpaired) electrons. The van der Waals surface area contributed by atoms with Crippen LogP contribution in [0.15, 0.2) is 35.9 Å². The third-order valence-electron chi connectivity index (χ3n) is 9.06. The Balaban J connectivity index is 1.21. The zero-order chi connectivity index (χ0) is 31.4. The number of Topliss-reactive ketones (excluding diaryl/α,β-unsaturated/α-hetero) is 1. The van der Waals surface area contributed by atoms with Crippen LogP contribution in [0.25, 0.3) is 0 Å². The number of ether oxygens (including phenoxy) is 4. The fraction of sp³-hybridized carbons (Fsp3) is 0.676. The van der Waals surface area contributed by atoms with E-state index >= 15 is 0 Å². The van der Waals surface area contributed by atoms with Gasteiger partial charge in [0.25, 0.3) is 0 Å². The van der Waals surface area contributed by atoms with E-state index < -0.39 is 6.09 Å². The summed E-state index contributed by atoms with van der Waals surface area (Å²) < 4.78 is 24.1. The first-order chi connectivity index (χ1) is 20.3. The Morgan fingerprint density at radius 1 is 1.12 bits per heavy atom. The van der Waals surface area contributed by atoms with Crippen LogP contribution in [0.5, 0.6) is 0 Å². The maximum Gasteiger partial charge on any atom is 0.407 e. The van der Waals surface area contributed by atoms with E-state index in [9.17, 15) is 14.4 Å². The molecule has 9 heteroatoms. The minimum absolute atomic E-state index is 0.0166. The Labute approximate surface area is 256 Å². The number of hydrogen-bond donors (Lipinski definition) is 2. The van der Waals surface area contributed by atoms with Crippen molar-refractivity contribution in [3.8, 4) is 0 Å². The number of hydrogen-bond acceptors (Lipinski definition) is 7. The van der Waals surface area contributed by atoms with Gasteiger partial charge in [-0.1, -0.05) is 44.6 Å². The number of rotatable bonds is 13. The molecule has 6 atom stereocenters. The van der Waals surface area contributed by atoms with E-state index in [1.54, 1.807) is 7.11 Å². The number of anilines is 1. The molecule has 2 amide bonds. The second-order valence-corrected chi connectivity index (χ2v) is 13.8. The van der Waals surface area contributed by atoms with Crippen LogP contribution in [-0.2, 0) is 35.0 Å². The molecule has 1 aromatic rings. The van der Waals surface area contributed by atoms with Gasteiger partial charge in [0.15, 0.2) is 0 Å². The van der Waals surface area contributed by atoms with Gasteiger partial charge in [-0.15, -0.1) is 0 Å². The lowest BCUT2D eigenvalue weighted by molar-refractivity contribution is -0.126. The number of methoxy groups -OCH3 is 1. The average molecular weight is 599 g/mol. The second kappa shape index (κ2) is 13.5. The standard InChI is InChI=1S/C34H50N2O7/c1-22(2)11-16-27-33(6,43-27)30-29(40-7)25(17-19-34(30)21-41-34)42-31(39)35-20-18-23-12-14-24(15-13-23)36-28(38)10-8-9-26(37)32(3,4)5/h11-15,25,27,29-30H,8-10,16-21H2,1-7H3,(H,35,39)(H,36,38)/t25-,27-,29-,30-,33-,34+/m1/s1. The number of nitrogens with one attached hydrogen (secondary N) is 2. The van der Waals surface area contributed by atoms with Gasteiger partial charge in [0.05, 0.1) is 18.6 Å². The molecule has 3 aliphatic rings. The number of epoxide rings is 2. The smallest absolute Gasteiger partial charge is 0.407 e. The van der Waals surface area contributed by atoms with Crippen LogP contribution in [-0.4, -0.2) is 67.6 Å². The molecule has 238 valence electrons. The van der Waals surface area contributed by atoms with E-state index in [0.29, 0.717) is 50.9 Å². The zero-order valence-corrected chi connectivity index (χ0v) is 26.9. The van der Waals surface area contributed by atoms with Crippen molar-refractivity contribution in [2.45, 2.75) is 116 Å². The fourth-order valence-corrected chi connectivity index (χ4v) is 6.32. The van der Waals surface area contributed by atoms with Gasteiger partial charge in [-0.2, -0.15) is 0 Å². The Bertz CT molecular complexity index is 1180. The van der Waals surface area contributed by atoms with Crippen molar-refractivity contribution in [3.05, 3.63) is 41.5 Å². The highest BCUT2D eigenvalue weighted by Gasteiger charge is 2.72. The van der Waals surface area contributed by atoms with Crippen LogP contribution < -0.4 is 10.6 Å². The highest BCUT2D eigenvalue weighted by molar-refractivity contribution is 5.91. The summed E-state index contributed by atoms with van der Waals surface area (Å²) in [6.45, 7) is 13.1. The minimum Gasteiger partial charge on any atom is -0.443 e. The molecular formula is C34H50N2O7. The second-order valence-electron chi connectivity index (χ2n) is 13.8. The maximum absolute atomic E-state index is 12.8. The van der Waals surface area contributed by atoms with Gasteiger partial charge >= 0.3 is 6.09 Å². The van der Waals surface area contributed by atoms with Crippen LogP contribution in [0.4, 0.5) is 10.5 Å². The average Bonchev–Trinajstić information content (AvgIpc) is 3.85. The normalized spacial score (nSPS) is 29.5. The number of alkyl carbamates (subject to hydrolysis) is 1. The number of amides is 2. The lowest BCUT2D eigenvalue weighted by Crippen LogP contribution is -2.56. The lowest BCUT2D eigenvalue weighted by atomic mass is 9.68. The first kappa shape index (κ1) is 33.1. The molecule has 9 nitrogen and oxygen atoms in total. The number of allylic oxidation sites excluding steroid dienone is 1. The first-order valence-electron chi connectivity index (χ1n) is 15.6. The van der Waals surface area contributed by atoms with Gasteiger partial charge in [0, 0.05) is 37.6 Å². The van der Waals surface area contributed by atoms with E-state index in [-0.39, 0.29) is 52.5 Å². The number of carbonyl (C=O) groups excluding carboxylic acids is 3. The number of carbonyl (C=O) groups is 3. The molecule has 2 N–H and O–H groups in total. The summed E-state index contributed by atoms with van der Waals surface area (Å²) in [5.41, 5.74) is 1.98. The summed E-state index contributed by atoms with van der Waals surface area (Å²) in [6.07, 6.45) is 5.33. The molecule has 0 aromatic heterocycles. The van der Waals surface area contributed by atoms with Gasteiger partial charge < -0.3 is 29.6 Å². The lowest BCUT2D eigenvalue weighted by Gasteiger charge is -2.42. The van der Waals surface area contributed by atoms with Gasteiger partial charge in [0.1, 0.15) is 29.2 Å². The molecule has 0 bridgehead atoms. The maximum atomic E-state index is 12.8. The molecular weight excluding hydrogens is 548 g/mol. The van der Waals surface area contributed by atoms with E-state index in [1.807, 2.05) is 45.0 Å². The predicted octanol–water partition coefficient (Wildman–Crippen LogP) is 5.76. The highest BCUT2D eigenvalue weighted by Crippen LogP contribution is 2.59. The zero-order valence-electron chi connectivity index (χ0n) is 26.9. The largest absolute Gasteiger partial charge is 0.443 e. The van der Waals surface area contributed by atoms with Crippen LogP contribution in [0.1, 0.15) is 85.6 Å². The van der Waals surface area contributed by atoms with Crippen LogP contribution in [0, 0.1) is 11.3 Å². The molecule has 2 saturated heterocycles. The molecule has 1 aromatic carbocycles. The molecule has 1 spiro atoms. The topological polar surface area (TPSA) is 119 Å². The summed E-state index contributed by atoms with van der Waals surface area (Å²) in [4.78, 5) is 37.1. The quantitative estimate of drug-likeness (QED) is 0.219. The van der Waals surface area contributed by atoms with Gasteiger partial charge in [0.2, 0.25) is 5.91 Å². The molecule has 1 aliphatic carbocycles. The van der Waals surface area contributed by atoms with Crippen LogP contribution >= 0.6 is 0 Å². The minimum atomic E-state index is -0.463. The Morgan fingerprint density at radius 2 is 1.81 bits per heavy atom. The van der Waals surface area contributed by atoms with Crippen molar-refractivity contribution in [2.24, 2.45) is 11.3 Å². The van der Waals surface area contributed by atoms with E-state index in [2.05, 4.69) is 37.5 Å². The number of ketones is 1. The van der Waals surface area contributed by atoms with E-state index in [4.69, 9.17) is 18.9 Å². The monoisotopic (exact) mass is 598 g/mol. The van der Waals surface area contributed by atoms with Gasteiger partial charge in [-0.25, -0.2) is 4.79 Å². The third kappa shape index (κ3) is 8.46. The van der Waals surface area contributed by atoms with Crippen molar-refractivity contribution in [1.82, 2.24) is 5.32 Å². The first-order valence-corrected chi connectivity index (χ1v) is 15.6. The molecule has 43 heavy (non-hydrogen) atoms. The van der Waals surface area contributed by atoms with Gasteiger partial charge in [-0.3, -0.25) is 9.59 Å². The number of benzene rings is 1. The third-order valence-corrected chi connectivity index (χ3v) is 9.06. The van der Waals surface area contributed by atoms with Crippen molar-refractivity contribution >= 4 is 23.5 Å². The van der Waals surface area contributed by atoms with Crippen LogP contribution in [0.2, 0.25) is 0 Å². The predicted molar refractivity (Wildman–Crippen MR) is 165 cm³/mol. The van der Waals surface area contributed by atoms with E-state index in [0.717, 1.165) is 18.4 Å². The SMILES string of the molecule is CO[C@@H]1[C@H](OC(=O)NCCc2ccc(NC(=O)CCCC(=O)C(C)(C)C)cc2)CC[C@]2(CO2)[C@H]1[C@]1(C)O[C@@H]1CC=C(C)C. The van der Waals surface area contributed by atoms with Crippen molar-refractivity contribution < 1.29 is 33.3 Å². The van der Waals surface area contributed by atoms with Crippen molar-refractivity contribution in [1.29, 1.82) is 0 Å². The summed E-state index contributed by atoms with van der Waals surface area (Å²) >= 11 is 0. The van der Waals surface area contributed by atoms with Gasteiger partial charge in [-0.05, 0) is 70.6 Å². The van der Waals surface area contributed by atoms with Crippen molar-refractivity contribution in [3.63, 3.8) is 0 Å². The molecule has 2 heterocycles. The Morgan fingerprint density at radius 3 is 2.42 bits per heavy atom. The molecule has 1 saturated carbocycles. The Hall–Kier alpha value is -2.75. The Kier molecular flexibility index (Phi) is 10.4. The summed E-state index contributed by atoms with van der Waals surface area (Å²) in [6, 6.07) is 7.54. The highest BCUT2D eigenvalue weighted by atomic mass is 16.6.